The zero-order valence-corrected chi connectivity index (χ0v) is 19.8. The molecule has 1 aliphatic rings. The van der Waals surface area contributed by atoms with Crippen LogP contribution in [0.3, 0.4) is 0 Å². The summed E-state index contributed by atoms with van der Waals surface area (Å²) in [6.07, 6.45) is 2.26. The lowest BCUT2D eigenvalue weighted by Gasteiger charge is -2.13. The molecule has 32 heavy (non-hydrogen) atoms. The van der Waals surface area contributed by atoms with Gasteiger partial charge in [-0.25, -0.2) is 5.43 Å². The maximum Gasteiger partial charge on any atom is 0.291 e. The fraction of sp³-hybridized carbons (Fsp3) is 0.240. The van der Waals surface area contributed by atoms with E-state index in [-0.39, 0.29) is 17.6 Å². The Labute approximate surface area is 195 Å². The summed E-state index contributed by atoms with van der Waals surface area (Å²) in [7, 11) is 0. The summed E-state index contributed by atoms with van der Waals surface area (Å²) < 4.78 is 6.65. The van der Waals surface area contributed by atoms with E-state index in [0.29, 0.717) is 16.5 Å². The normalized spacial score (nSPS) is 14.2. The molecule has 0 unspecified atom stereocenters. The summed E-state index contributed by atoms with van der Waals surface area (Å²) in [5.41, 5.74) is 8.41. The highest BCUT2D eigenvalue weighted by Gasteiger charge is 2.28. The van der Waals surface area contributed by atoms with Gasteiger partial charge in [-0.15, -0.1) is 0 Å². The highest BCUT2D eigenvalue weighted by Crippen LogP contribution is 2.30. The molecule has 1 heterocycles. The van der Waals surface area contributed by atoms with Crippen molar-refractivity contribution in [2.75, 3.05) is 5.32 Å². The molecule has 0 saturated heterocycles. The third-order valence-electron chi connectivity index (χ3n) is 5.71. The predicted octanol–water partition coefficient (Wildman–Crippen LogP) is 5.69. The summed E-state index contributed by atoms with van der Waals surface area (Å²) in [5.74, 6) is 0.413. The van der Waals surface area contributed by atoms with Crippen LogP contribution in [-0.2, 0) is 6.42 Å². The van der Waals surface area contributed by atoms with Crippen molar-refractivity contribution in [1.82, 2.24) is 5.43 Å². The lowest BCUT2D eigenvalue weighted by molar-refractivity contribution is 0.0952. The largest absolute Gasteiger partial charge is 0.455 e. The summed E-state index contributed by atoms with van der Waals surface area (Å²) in [5, 5.41) is 7.31. The van der Waals surface area contributed by atoms with E-state index in [4.69, 9.17) is 4.42 Å². The Morgan fingerprint density at radius 3 is 2.53 bits per heavy atom. The van der Waals surface area contributed by atoms with Gasteiger partial charge in [0.25, 0.3) is 11.8 Å². The van der Waals surface area contributed by atoms with Crippen LogP contribution < -0.4 is 10.7 Å². The average molecular weight is 494 g/mol. The summed E-state index contributed by atoms with van der Waals surface area (Å²) >= 11 is 3.39. The number of aryl methyl sites for hydroxylation is 3. The third kappa shape index (κ3) is 4.39. The monoisotopic (exact) mass is 493 g/mol. The number of carbonyl (C=O) groups excluding carboxylic acids is 2. The van der Waals surface area contributed by atoms with E-state index in [9.17, 15) is 9.59 Å². The number of amides is 2. The van der Waals surface area contributed by atoms with Crippen molar-refractivity contribution in [2.24, 2.45) is 5.10 Å². The van der Waals surface area contributed by atoms with E-state index in [1.54, 1.807) is 18.2 Å². The van der Waals surface area contributed by atoms with Gasteiger partial charge in [-0.05, 0) is 84.9 Å². The van der Waals surface area contributed by atoms with E-state index in [0.717, 1.165) is 52.3 Å². The van der Waals surface area contributed by atoms with Crippen molar-refractivity contribution < 1.29 is 14.0 Å². The molecular formula is C25H24BrN3O3. The SMILES string of the molecule is Cc1ccc(NC(=O)c2oc3c(c2C)/C(=N/NC(=O)c2ccccc2Br)CCC3)cc1C. The molecule has 1 aromatic heterocycles. The number of benzene rings is 2. The van der Waals surface area contributed by atoms with Crippen molar-refractivity contribution in [3.63, 3.8) is 0 Å². The van der Waals surface area contributed by atoms with Gasteiger partial charge in [0.15, 0.2) is 5.76 Å². The predicted molar refractivity (Wildman–Crippen MR) is 128 cm³/mol. The molecule has 0 bridgehead atoms. The van der Waals surface area contributed by atoms with E-state index in [1.165, 1.54) is 0 Å². The Balaban J connectivity index is 1.57. The summed E-state index contributed by atoms with van der Waals surface area (Å²) in [6, 6.07) is 13.0. The summed E-state index contributed by atoms with van der Waals surface area (Å²) in [4.78, 5) is 25.5. The molecule has 0 fully saturated rings. The topological polar surface area (TPSA) is 83.7 Å². The van der Waals surface area contributed by atoms with E-state index in [1.807, 2.05) is 45.0 Å². The molecular weight excluding hydrogens is 470 g/mol. The first-order chi connectivity index (χ1) is 15.3. The smallest absolute Gasteiger partial charge is 0.291 e. The molecule has 0 atom stereocenters. The zero-order chi connectivity index (χ0) is 22.8. The number of hydrogen-bond acceptors (Lipinski definition) is 4. The van der Waals surface area contributed by atoms with E-state index < -0.39 is 0 Å². The van der Waals surface area contributed by atoms with Gasteiger partial charge in [-0.1, -0.05) is 18.2 Å². The average Bonchev–Trinajstić information content (AvgIpc) is 3.12. The minimum Gasteiger partial charge on any atom is -0.455 e. The minimum atomic E-state index is -0.300. The first-order valence-electron chi connectivity index (χ1n) is 10.5. The standard InChI is InChI=1S/C25H24BrN3O3/c1-14-11-12-17(13-15(14)2)27-25(31)23-16(3)22-20(9-6-10-21(22)32-23)28-29-24(30)18-7-4-5-8-19(18)26/h4-5,7-8,11-13H,6,9-10H2,1-3H3,(H,27,31)(H,29,30)/b28-20+. The molecule has 1 aliphatic carbocycles. The van der Waals surface area contributed by atoms with Gasteiger partial charge in [0.05, 0.1) is 11.3 Å². The van der Waals surface area contributed by atoms with Crippen LogP contribution in [0.25, 0.3) is 0 Å². The van der Waals surface area contributed by atoms with Gasteiger partial charge >= 0.3 is 0 Å². The maximum atomic E-state index is 12.9. The quantitative estimate of drug-likeness (QED) is 0.457. The Kier molecular flexibility index (Phi) is 6.28. The number of carbonyl (C=O) groups is 2. The second-order valence-electron chi connectivity index (χ2n) is 7.94. The maximum absolute atomic E-state index is 12.9. The first-order valence-corrected chi connectivity index (χ1v) is 11.3. The number of nitrogens with zero attached hydrogens (tertiary/aromatic N) is 1. The fourth-order valence-corrected chi connectivity index (χ4v) is 4.29. The second-order valence-corrected chi connectivity index (χ2v) is 8.79. The van der Waals surface area contributed by atoms with Crippen molar-refractivity contribution in [2.45, 2.75) is 40.0 Å². The molecule has 164 valence electrons. The Morgan fingerprint density at radius 1 is 1.00 bits per heavy atom. The number of rotatable bonds is 4. The highest BCUT2D eigenvalue weighted by atomic mass is 79.9. The fourth-order valence-electron chi connectivity index (χ4n) is 3.83. The van der Waals surface area contributed by atoms with E-state index >= 15 is 0 Å². The van der Waals surface area contributed by atoms with Crippen LogP contribution in [0.4, 0.5) is 5.69 Å². The van der Waals surface area contributed by atoms with Gasteiger partial charge < -0.3 is 9.73 Å². The number of furan rings is 1. The molecule has 0 saturated carbocycles. The van der Waals surface area contributed by atoms with Gasteiger partial charge in [-0.2, -0.15) is 5.10 Å². The number of nitrogens with one attached hydrogen (secondary N) is 2. The van der Waals surface area contributed by atoms with Crippen molar-refractivity contribution in [1.29, 1.82) is 0 Å². The molecule has 7 heteroatoms. The third-order valence-corrected chi connectivity index (χ3v) is 6.40. The van der Waals surface area contributed by atoms with Gasteiger partial charge in [0.1, 0.15) is 5.76 Å². The molecule has 0 spiro atoms. The summed E-state index contributed by atoms with van der Waals surface area (Å²) in [6.45, 7) is 5.89. The molecule has 0 aliphatic heterocycles. The Bertz CT molecular complexity index is 1240. The molecule has 3 aromatic rings. The molecule has 4 rings (SSSR count). The minimum absolute atomic E-state index is 0.278. The van der Waals surface area contributed by atoms with Gasteiger partial charge in [0, 0.05) is 27.7 Å². The van der Waals surface area contributed by atoms with Crippen LogP contribution in [0, 0.1) is 20.8 Å². The van der Waals surface area contributed by atoms with Crippen LogP contribution >= 0.6 is 15.9 Å². The molecule has 2 amide bonds. The first kappa shape index (κ1) is 22.0. The van der Waals surface area contributed by atoms with Crippen LogP contribution in [0.5, 0.6) is 0 Å². The number of hydrazone groups is 1. The van der Waals surface area contributed by atoms with Crippen molar-refractivity contribution in [3.05, 3.63) is 86.3 Å². The zero-order valence-electron chi connectivity index (χ0n) is 18.2. The number of fused-ring (bicyclic) bond motifs is 1. The molecule has 0 radical (unpaired) electrons. The molecule has 6 nitrogen and oxygen atoms in total. The van der Waals surface area contributed by atoms with Crippen LogP contribution in [0.2, 0.25) is 0 Å². The molecule has 2 aromatic carbocycles. The second kappa shape index (κ2) is 9.12. The van der Waals surface area contributed by atoms with E-state index in [2.05, 4.69) is 31.8 Å². The van der Waals surface area contributed by atoms with Crippen molar-refractivity contribution in [3.8, 4) is 0 Å². The van der Waals surface area contributed by atoms with Crippen molar-refractivity contribution >= 4 is 39.1 Å². The lowest BCUT2D eigenvalue weighted by atomic mass is 9.93. The lowest BCUT2D eigenvalue weighted by Crippen LogP contribution is -2.22. The van der Waals surface area contributed by atoms with Gasteiger partial charge in [0.2, 0.25) is 0 Å². The Morgan fingerprint density at radius 2 is 1.78 bits per heavy atom. The number of halogens is 1. The van der Waals surface area contributed by atoms with Crippen LogP contribution in [0.15, 0.2) is 56.5 Å². The number of hydrogen-bond donors (Lipinski definition) is 2. The van der Waals surface area contributed by atoms with Crippen LogP contribution in [0.1, 0.15) is 61.8 Å². The number of anilines is 1. The Hall–Kier alpha value is -3.19. The highest BCUT2D eigenvalue weighted by molar-refractivity contribution is 9.10. The van der Waals surface area contributed by atoms with Crippen LogP contribution in [-0.4, -0.2) is 17.5 Å². The molecule has 2 N–H and O–H groups in total. The van der Waals surface area contributed by atoms with Gasteiger partial charge in [-0.3, -0.25) is 9.59 Å².